The smallest absolute Gasteiger partial charge is 0.231 e. The molecule has 1 atom stereocenters. The molecule has 0 aliphatic heterocycles. The van der Waals surface area contributed by atoms with Gasteiger partial charge in [0.2, 0.25) is 11.3 Å². The van der Waals surface area contributed by atoms with E-state index in [1.165, 1.54) is 0 Å². The monoisotopic (exact) mass is 200 g/mol. The van der Waals surface area contributed by atoms with Gasteiger partial charge < -0.3 is 5.32 Å². The average molecular weight is 200 g/mol. The quantitative estimate of drug-likeness (QED) is 0.487. The summed E-state index contributed by atoms with van der Waals surface area (Å²) in [5, 5.41) is 3.09. The van der Waals surface area contributed by atoms with Crippen molar-refractivity contribution < 1.29 is 8.76 Å². The van der Waals surface area contributed by atoms with Crippen LogP contribution >= 0.6 is 0 Å². The van der Waals surface area contributed by atoms with Gasteiger partial charge in [0.05, 0.1) is 0 Å². The Morgan fingerprint density at radius 2 is 1.92 bits per heavy atom. The van der Waals surface area contributed by atoms with Crippen molar-refractivity contribution in [2.24, 2.45) is 0 Å². The van der Waals surface area contributed by atoms with Crippen LogP contribution in [0.3, 0.4) is 0 Å². The molecule has 72 valence electrons. The Labute approximate surface area is 79.8 Å². The Hall–Kier alpha value is -0.910. The molecule has 0 aliphatic rings. The number of nitrogens with one attached hydrogen (secondary N) is 2. The summed E-state index contributed by atoms with van der Waals surface area (Å²) in [5.41, 5.74) is 1.01. The Bertz CT molecular complexity index is 266. The number of hydrogen-bond acceptors (Lipinski definition) is 2. The van der Waals surface area contributed by atoms with Crippen molar-refractivity contribution in [1.82, 2.24) is 4.72 Å². The highest BCUT2D eigenvalue weighted by atomic mass is 32.2. The lowest BCUT2D eigenvalue weighted by molar-refractivity contribution is 0.550. The molecule has 0 saturated heterocycles. The summed E-state index contributed by atoms with van der Waals surface area (Å²) in [5.74, 6) is 0. The molecule has 5 heteroatoms. The molecule has 1 rings (SSSR count). The largest absolute Gasteiger partial charge is 0.384 e. The van der Waals surface area contributed by atoms with Gasteiger partial charge in [0, 0.05) is 18.8 Å². The Kier molecular flexibility index (Phi) is 4.45. The van der Waals surface area contributed by atoms with Crippen molar-refractivity contribution in [2.45, 2.75) is 0 Å². The predicted molar refractivity (Wildman–Crippen MR) is 53.7 cm³/mol. The van der Waals surface area contributed by atoms with Crippen LogP contribution in [0.1, 0.15) is 0 Å². The summed E-state index contributed by atoms with van der Waals surface area (Å²) in [6, 6.07) is 9.68. The molecule has 0 aliphatic carbocycles. The van der Waals surface area contributed by atoms with E-state index < -0.39 is 11.3 Å². The molecule has 1 aromatic rings. The number of para-hydroxylation sites is 1. The molecule has 4 nitrogen and oxygen atoms in total. The maximum Gasteiger partial charge on any atom is 0.231 e. The van der Waals surface area contributed by atoms with Crippen molar-refractivity contribution in [3.8, 4) is 0 Å². The van der Waals surface area contributed by atoms with E-state index >= 15 is 0 Å². The van der Waals surface area contributed by atoms with Crippen LogP contribution in [-0.2, 0) is 11.3 Å². The SMILES string of the molecule is O=S(O)NCCNc1ccccc1. The van der Waals surface area contributed by atoms with Crippen LogP contribution in [0.5, 0.6) is 0 Å². The van der Waals surface area contributed by atoms with E-state index in [0.717, 1.165) is 5.69 Å². The zero-order chi connectivity index (χ0) is 9.52. The van der Waals surface area contributed by atoms with Gasteiger partial charge in [-0.05, 0) is 12.1 Å². The van der Waals surface area contributed by atoms with E-state index in [-0.39, 0.29) is 0 Å². The first-order valence-corrected chi connectivity index (χ1v) is 5.03. The van der Waals surface area contributed by atoms with Crippen LogP contribution < -0.4 is 10.0 Å². The van der Waals surface area contributed by atoms with Crippen LogP contribution in [-0.4, -0.2) is 21.9 Å². The first-order chi connectivity index (χ1) is 6.29. The summed E-state index contributed by atoms with van der Waals surface area (Å²) in [6.45, 7) is 1.08. The van der Waals surface area contributed by atoms with Crippen LogP contribution in [0.2, 0.25) is 0 Å². The summed E-state index contributed by atoms with van der Waals surface area (Å²) in [7, 11) is 0. The third-order valence-corrected chi connectivity index (χ3v) is 1.90. The molecule has 0 amide bonds. The molecule has 0 aromatic heterocycles. The first-order valence-electron chi connectivity index (χ1n) is 3.92. The second-order valence-electron chi connectivity index (χ2n) is 2.44. The van der Waals surface area contributed by atoms with Gasteiger partial charge in [-0.15, -0.1) is 0 Å². The second kappa shape index (κ2) is 5.69. The topological polar surface area (TPSA) is 61.4 Å². The van der Waals surface area contributed by atoms with Crippen LogP contribution in [0, 0.1) is 0 Å². The average Bonchev–Trinajstić information content (AvgIpc) is 2.14. The molecule has 13 heavy (non-hydrogen) atoms. The highest BCUT2D eigenvalue weighted by Crippen LogP contribution is 2.03. The van der Waals surface area contributed by atoms with Crippen molar-refractivity contribution in [3.63, 3.8) is 0 Å². The zero-order valence-corrected chi connectivity index (χ0v) is 7.88. The van der Waals surface area contributed by atoms with Crippen molar-refractivity contribution in [2.75, 3.05) is 18.4 Å². The minimum atomic E-state index is -1.91. The molecule has 0 saturated carbocycles. The summed E-state index contributed by atoms with van der Waals surface area (Å²) >= 11 is -1.91. The number of rotatable bonds is 5. The summed E-state index contributed by atoms with van der Waals surface area (Å²) in [6.07, 6.45) is 0. The lowest BCUT2D eigenvalue weighted by Gasteiger charge is -2.04. The fraction of sp³-hybridized carbons (Fsp3) is 0.250. The number of hydrogen-bond donors (Lipinski definition) is 3. The molecule has 1 unspecified atom stereocenters. The summed E-state index contributed by atoms with van der Waals surface area (Å²) < 4.78 is 20.9. The Morgan fingerprint density at radius 3 is 2.54 bits per heavy atom. The van der Waals surface area contributed by atoms with Gasteiger partial charge in [-0.1, -0.05) is 18.2 Å². The Balaban J connectivity index is 2.17. The molecule has 0 fully saturated rings. The van der Waals surface area contributed by atoms with Gasteiger partial charge in [0.1, 0.15) is 0 Å². The van der Waals surface area contributed by atoms with E-state index in [1.807, 2.05) is 30.3 Å². The van der Waals surface area contributed by atoms with Gasteiger partial charge in [-0.3, -0.25) is 4.55 Å². The molecule has 0 heterocycles. The van der Waals surface area contributed by atoms with Crippen LogP contribution in [0.25, 0.3) is 0 Å². The number of benzene rings is 1. The normalized spacial score (nSPS) is 12.4. The molecule has 0 spiro atoms. The highest BCUT2D eigenvalue weighted by molar-refractivity contribution is 7.77. The van der Waals surface area contributed by atoms with E-state index in [2.05, 4.69) is 10.0 Å². The predicted octanol–water partition coefficient (Wildman–Crippen LogP) is 0.825. The van der Waals surface area contributed by atoms with Crippen LogP contribution in [0.4, 0.5) is 5.69 Å². The van der Waals surface area contributed by atoms with Crippen molar-refractivity contribution in [3.05, 3.63) is 30.3 Å². The van der Waals surface area contributed by atoms with Gasteiger partial charge >= 0.3 is 0 Å². The standard InChI is InChI=1S/C8H12N2O2S/c11-13(12)10-7-6-9-8-4-2-1-3-5-8/h1-5,9-10H,6-7H2,(H,11,12). The highest BCUT2D eigenvalue weighted by Gasteiger charge is 1.91. The van der Waals surface area contributed by atoms with Gasteiger partial charge in [-0.25, -0.2) is 8.93 Å². The van der Waals surface area contributed by atoms with Crippen molar-refractivity contribution >= 4 is 17.0 Å². The third-order valence-electron chi connectivity index (χ3n) is 1.45. The maximum atomic E-state index is 10.2. The fourth-order valence-corrected chi connectivity index (χ4v) is 1.18. The van der Waals surface area contributed by atoms with Crippen molar-refractivity contribution in [1.29, 1.82) is 0 Å². The fourth-order valence-electron chi connectivity index (χ4n) is 0.901. The van der Waals surface area contributed by atoms with E-state index in [9.17, 15) is 4.21 Å². The summed E-state index contributed by atoms with van der Waals surface area (Å²) in [4.78, 5) is 0. The Morgan fingerprint density at radius 1 is 1.23 bits per heavy atom. The third kappa shape index (κ3) is 4.62. The number of anilines is 1. The molecule has 0 radical (unpaired) electrons. The van der Waals surface area contributed by atoms with Gasteiger partial charge in [-0.2, -0.15) is 0 Å². The van der Waals surface area contributed by atoms with Crippen LogP contribution in [0.15, 0.2) is 30.3 Å². The van der Waals surface area contributed by atoms with E-state index in [0.29, 0.717) is 13.1 Å². The maximum absolute atomic E-state index is 10.2. The molecule has 1 aromatic carbocycles. The zero-order valence-electron chi connectivity index (χ0n) is 7.06. The second-order valence-corrected chi connectivity index (χ2v) is 3.22. The molecule has 3 N–H and O–H groups in total. The molecular formula is C8H12N2O2S. The van der Waals surface area contributed by atoms with E-state index in [4.69, 9.17) is 4.55 Å². The first kappa shape index (κ1) is 10.2. The van der Waals surface area contributed by atoms with Gasteiger partial charge in [0.25, 0.3) is 0 Å². The lowest BCUT2D eigenvalue weighted by atomic mass is 10.3. The molecule has 0 bridgehead atoms. The van der Waals surface area contributed by atoms with Gasteiger partial charge in [0.15, 0.2) is 0 Å². The van der Waals surface area contributed by atoms with E-state index in [1.54, 1.807) is 0 Å². The molecular weight excluding hydrogens is 188 g/mol. The minimum Gasteiger partial charge on any atom is -0.384 e. The minimum absolute atomic E-state index is 0.456. The lowest BCUT2D eigenvalue weighted by Crippen LogP contribution is -2.23.